The van der Waals surface area contributed by atoms with Gasteiger partial charge in [-0.15, -0.1) is 0 Å². The van der Waals surface area contributed by atoms with Crippen LogP contribution in [0.2, 0.25) is 0 Å². The number of piperazine rings is 1. The SMILES string of the molecule is CC(C)(C)OC(=O)N1CCN(c2ncc(C(F)(F)F)cc2F)[C@H](CO)C1. The van der Waals surface area contributed by atoms with Crippen molar-refractivity contribution in [3.8, 4) is 0 Å². The molecule has 0 aromatic carbocycles. The third kappa shape index (κ3) is 4.75. The van der Waals surface area contributed by atoms with Crippen molar-refractivity contribution in [3.63, 3.8) is 0 Å². The third-order valence-electron chi connectivity index (χ3n) is 3.77. The zero-order chi connectivity index (χ0) is 19.7. The summed E-state index contributed by atoms with van der Waals surface area (Å²) in [5.41, 5.74) is -1.88. The maximum Gasteiger partial charge on any atom is 0.417 e. The highest BCUT2D eigenvalue weighted by molar-refractivity contribution is 5.68. The van der Waals surface area contributed by atoms with Gasteiger partial charge in [0, 0.05) is 25.8 Å². The first-order valence-corrected chi connectivity index (χ1v) is 8.00. The predicted molar refractivity (Wildman–Crippen MR) is 85.2 cm³/mol. The number of pyridine rings is 1. The minimum atomic E-state index is -4.70. The fourth-order valence-corrected chi connectivity index (χ4v) is 2.58. The van der Waals surface area contributed by atoms with Gasteiger partial charge in [-0.2, -0.15) is 13.2 Å². The summed E-state index contributed by atoms with van der Waals surface area (Å²) in [5, 5.41) is 9.58. The van der Waals surface area contributed by atoms with Crippen LogP contribution in [0.5, 0.6) is 0 Å². The molecular formula is C16H21F4N3O3. The van der Waals surface area contributed by atoms with Crippen LogP contribution in [0, 0.1) is 5.82 Å². The maximum absolute atomic E-state index is 14.2. The van der Waals surface area contributed by atoms with Gasteiger partial charge in [-0.05, 0) is 26.8 Å². The Bertz CT molecular complexity index is 661. The standard InChI is InChI=1S/C16H21F4N3O3/c1-15(2,3)26-14(25)22-4-5-23(11(8-22)9-24)13-12(17)6-10(7-21-13)16(18,19)20/h6-7,11,24H,4-5,8-9H2,1-3H3/t11-/m0/s1. The molecule has 10 heteroatoms. The van der Waals surface area contributed by atoms with E-state index in [1.165, 1.54) is 9.80 Å². The second-order valence-corrected chi connectivity index (χ2v) is 6.98. The molecule has 1 aliphatic heterocycles. The number of carbonyl (C=O) groups excluding carboxylic acids is 1. The number of aliphatic hydroxyl groups is 1. The largest absolute Gasteiger partial charge is 0.444 e. The number of halogens is 4. The van der Waals surface area contributed by atoms with Crippen molar-refractivity contribution in [3.05, 3.63) is 23.6 Å². The van der Waals surface area contributed by atoms with Crippen LogP contribution in [0.3, 0.4) is 0 Å². The monoisotopic (exact) mass is 379 g/mol. The zero-order valence-corrected chi connectivity index (χ0v) is 14.7. The van der Waals surface area contributed by atoms with Crippen molar-refractivity contribution in [2.24, 2.45) is 0 Å². The highest BCUT2D eigenvalue weighted by atomic mass is 19.4. The van der Waals surface area contributed by atoms with Gasteiger partial charge in [0.2, 0.25) is 0 Å². The van der Waals surface area contributed by atoms with E-state index in [-0.39, 0.29) is 25.5 Å². The fourth-order valence-electron chi connectivity index (χ4n) is 2.58. The summed E-state index contributed by atoms with van der Waals surface area (Å²) in [6.45, 7) is 5.01. The molecule has 0 bridgehead atoms. The smallest absolute Gasteiger partial charge is 0.417 e. The predicted octanol–water partition coefficient (Wildman–Crippen LogP) is 2.66. The van der Waals surface area contributed by atoms with Crippen LogP contribution in [0.15, 0.2) is 12.3 Å². The number of amides is 1. The Kier molecular flexibility index (Phi) is 5.64. The number of aliphatic hydroxyl groups excluding tert-OH is 1. The van der Waals surface area contributed by atoms with Gasteiger partial charge >= 0.3 is 12.3 Å². The van der Waals surface area contributed by atoms with Gasteiger partial charge in [-0.1, -0.05) is 0 Å². The Hall–Kier alpha value is -2.10. The fraction of sp³-hybridized carbons (Fsp3) is 0.625. The highest BCUT2D eigenvalue weighted by Gasteiger charge is 2.36. The first-order chi connectivity index (χ1) is 11.9. The lowest BCUT2D eigenvalue weighted by Crippen LogP contribution is -2.57. The number of rotatable bonds is 2. The van der Waals surface area contributed by atoms with E-state index in [4.69, 9.17) is 4.74 Å². The third-order valence-corrected chi connectivity index (χ3v) is 3.77. The van der Waals surface area contributed by atoms with Crippen molar-refractivity contribution in [2.45, 2.75) is 38.6 Å². The highest BCUT2D eigenvalue weighted by Crippen LogP contribution is 2.31. The molecule has 0 saturated carbocycles. The van der Waals surface area contributed by atoms with E-state index in [1.807, 2.05) is 0 Å². The van der Waals surface area contributed by atoms with E-state index in [0.29, 0.717) is 12.3 Å². The molecule has 1 atom stereocenters. The van der Waals surface area contributed by atoms with Crippen LogP contribution < -0.4 is 4.90 Å². The molecule has 1 aromatic heterocycles. The second kappa shape index (κ2) is 7.26. The van der Waals surface area contributed by atoms with E-state index in [1.54, 1.807) is 20.8 Å². The van der Waals surface area contributed by atoms with Gasteiger partial charge in [0.15, 0.2) is 11.6 Å². The van der Waals surface area contributed by atoms with Crippen molar-refractivity contribution in [1.29, 1.82) is 0 Å². The van der Waals surface area contributed by atoms with E-state index >= 15 is 0 Å². The van der Waals surface area contributed by atoms with Crippen LogP contribution in [0.1, 0.15) is 26.3 Å². The summed E-state index contributed by atoms with van der Waals surface area (Å²) in [6, 6.07) is -0.341. The van der Waals surface area contributed by atoms with Crippen LogP contribution in [0.4, 0.5) is 28.2 Å². The van der Waals surface area contributed by atoms with Gasteiger partial charge in [-0.25, -0.2) is 14.2 Å². The molecule has 0 unspecified atom stereocenters. The number of hydrogen-bond donors (Lipinski definition) is 1. The summed E-state index contributed by atoms with van der Waals surface area (Å²) < 4.78 is 57.3. The average molecular weight is 379 g/mol. The average Bonchev–Trinajstić information content (AvgIpc) is 2.51. The molecular weight excluding hydrogens is 358 g/mol. The van der Waals surface area contributed by atoms with Gasteiger partial charge < -0.3 is 19.6 Å². The molecule has 2 heterocycles. The Balaban J connectivity index is 2.16. The van der Waals surface area contributed by atoms with Gasteiger partial charge in [-0.3, -0.25) is 0 Å². The summed E-state index contributed by atoms with van der Waals surface area (Å²) in [7, 11) is 0. The molecule has 0 radical (unpaired) electrons. The second-order valence-electron chi connectivity index (χ2n) is 6.98. The van der Waals surface area contributed by atoms with E-state index in [0.717, 1.165) is 0 Å². The molecule has 1 aliphatic rings. The minimum absolute atomic E-state index is 0.0353. The number of aromatic nitrogens is 1. The van der Waals surface area contributed by atoms with E-state index < -0.39 is 41.9 Å². The van der Waals surface area contributed by atoms with Crippen molar-refractivity contribution in [1.82, 2.24) is 9.88 Å². The number of ether oxygens (including phenoxy) is 1. The van der Waals surface area contributed by atoms with Gasteiger partial charge in [0.25, 0.3) is 0 Å². The van der Waals surface area contributed by atoms with Crippen LogP contribution in [-0.4, -0.2) is 59.0 Å². The summed E-state index contributed by atoms with van der Waals surface area (Å²) in [4.78, 5) is 18.4. The molecule has 1 saturated heterocycles. The van der Waals surface area contributed by atoms with E-state index in [2.05, 4.69) is 4.98 Å². The van der Waals surface area contributed by atoms with Crippen molar-refractivity contribution in [2.75, 3.05) is 31.1 Å². The molecule has 1 amide bonds. The van der Waals surface area contributed by atoms with Gasteiger partial charge in [0.05, 0.1) is 18.2 Å². The van der Waals surface area contributed by atoms with Crippen molar-refractivity contribution >= 4 is 11.9 Å². The molecule has 1 aromatic rings. The van der Waals surface area contributed by atoms with Gasteiger partial charge in [0.1, 0.15) is 5.60 Å². The molecule has 146 valence electrons. The number of hydrogen-bond acceptors (Lipinski definition) is 5. The first kappa shape index (κ1) is 20.2. The van der Waals surface area contributed by atoms with Crippen LogP contribution in [0.25, 0.3) is 0 Å². The molecule has 26 heavy (non-hydrogen) atoms. The normalized spacial score (nSPS) is 18.8. The Morgan fingerprint density at radius 2 is 2.00 bits per heavy atom. The summed E-state index contributed by atoms with van der Waals surface area (Å²) >= 11 is 0. The molecule has 6 nitrogen and oxygen atoms in total. The molecule has 0 spiro atoms. The quantitative estimate of drug-likeness (QED) is 0.801. The summed E-state index contributed by atoms with van der Waals surface area (Å²) in [5.74, 6) is -1.43. The number of carbonyl (C=O) groups is 1. The van der Waals surface area contributed by atoms with Crippen molar-refractivity contribution < 1.29 is 32.2 Å². The maximum atomic E-state index is 14.2. The lowest BCUT2D eigenvalue weighted by Gasteiger charge is -2.41. The van der Waals surface area contributed by atoms with Crippen LogP contribution in [-0.2, 0) is 10.9 Å². The number of nitrogens with zero attached hydrogens (tertiary/aromatic N) is 3. The Morgan fingerprint density at radius 3 is 2.50 bits per heavy atom. The summed E-state index contributed by atoms with van der Waals surface area (Å²) in [6.07, 6.45) is -4.72. The zero-order valence-electron chi connectivity index (χ0n) is 14.7. The Morgan fingerprint density at radius 1 is 1.35 bits per heavy atom. The topological polar surface area (TPSA) is 65.9 Å². The lowest BCUT2D eigenvalue weighted by molar-refractivity contribution is -0.138. The number of anilines is 1. The number of alkyl halides is 3. The molecule has 0 aliphatic carbocycles. The molecule has 1 N–H and O–H groups in total. The minimum Gasteiger partial charge on any atom is -0.444 e. The lowest BCUT2D eigenvalue weighted by atomic mass is 10.1. The first-order valence-electron chi connectivity index (χ1n) is 8.00. The van der Waals surface area contributed by atoms with Crippen LogP contribution >= 0.6 is 0 Å². The molecule has 1 fully saturated rings. The Labute approximate surface area is 148 Å². The molecule has 2 rings (SSSR count). The van der Waals surface area contributed by atoms with E-state index in [9.17, 15) is 27.5 Å².